The summed E-state index contributed by atoms with van der Waals surface area (Å²) >= 11 is 0. The monoisotopic (exact) mass is 465 g/mol. The molecule has 0 radical (unpaired) electrons. The lowest BCUT2D eigenvalue weighted by molar-refractivity contribution is -0.159. The van der Waals surface area contributed by atoms with Gasteiger partial charge in [-0.15, -0.1) is 0 Å². The average molecular weight is 465 g/mol. The predicted molar refractivity (Wildman–Crippen MR) is 114 cm³/mol. The van der Waals surface area contributed by atoms with Crippen LogP contribution in [-0.2, 0) is 9.53 Å². The van der Waals surface area contributed by atoms with E-state index < -0.39 is 17.9 Å². The zero-order chi connectivity index (χ0) is 24.2. The number of hydrogen-bond acceptors (Lipinski definition) is 5. The van der Waals surface area contributed by atoms with E-state index in [0.717, 1.165) is 0 Å². The standard InChI is InChI=1S/C24H26F3NO5/c1-14(29)32-18-9-10-20(28-23(30)15-4-7-17(25)8-5-15)19(13-18)16-6-11-21(31-3)22(12-16)33-24(2,26)27/h4-8,11-12,18-20H,9-10,13H2,1-3H3,(H,28,30). The predicted octanol–water partition coefficient (Wildman–Crippen LogP) is 4.82. The van der Waals surface area contributed by atoms with Gasteiger partial charge in [0.1, 0.15) is 11.9 Å². The van der Waals surface area contributed by atoms with Gasteiger partial charge in [0.25, 0.3) is 5.91 Å². The van der Waals surface area contributed by atoms with Crippen molar-refractivity contribution in [3.8, 4) is 11.5 Å². The van der Waals surface area contributed by atoms with Crippen molar-refractivity contribution in [2.75, 3.05) is 7.11 Å². The summed E-state index contributed by atoms with van der Waals surface area (Å²) in [6.45, 7) is 1.95. The molecular formula is C24H26F3NO5. The molecule has 0 aromatic heterocycles. The fraction of sp³-hybridized carbons (Fsp3) is 0.417. The molecule has 1 aliphatic carbocycles. The molecule has 0 spiro atoms. The second kappa shape index (κ2) is 10.1. The first kappa shape index (κ1) is 24.4. The van der Waals surface area contributed by atoms with Gasteiger partial charge in [-0.2, -0.15) is 8.78 Å². The summed E-state index contributed by atoms with van der Waals surface area (Å²) in [5, 5.41) is 2.95. The second-order valence-electron chi connectivity index (χ2n) is 8.06. The molecule has 3 unspecified atom stereocenters. The molecule has 1 fully saturated rings. The lowest BCUT2D eigenvalue weighted by Gasteiger charge is -2.36. The minimum absolute atomic E-state index is 0.138. The molecule has 9 heteroatoms. The number of alkyl halides is 2. The van der Waals surface area contributed by atoms with Crippen molar-refractivity contribution in [2.24, 2.45) is 0 Å². The third-order valence-electron chi connectivity index (χ3n) is 5.46. The van der Waals surface area contributed by atoms with E-state index in [1.807, 2.05) is 0 Å². The van der Waals surface area contributed by atoms with Crippen molar-refractivity contribution in [3.05, 3.63) is 59.4 Å². The molecule has 178 valence electrons. The summed E-state index contributed by atoms with van der Waals surface area (Å²) in [6, 6.07) is 9.46. The molecule has 2 aromatic rings. The highest BCUT2D eigenvalue weighted by Gasteiger charge is 2.35. The number of amides is 1. The Hall–Kier alpha value is -3.23. The Balaban J connectivity index is 1.90. The van der Waals surface area contributed by atoms with Crippen LogP contribution < -0.4 is 14.8 Å². The summed E-state index contributed by atoms with van der Waals surface area (Å²) < 4.78 is 55.6. The van der Waals surface area contributed by atoms with Crippen molar-refractivity contribution < 1.29 is 37.0 Å². The molecule has 6 nitrogen and oxygen atoms in total. The van der Waals surface area contributed by atoms with E-state index in [2.05, 4.69) is 5.32 Å². The molecule has 33 heavy (non-hydrogen) atoms. The first-order valence-electron chi connectivity index (χ1n) is 10.5. The van der Waals surface area contributed by atoms with Crippen molar-refractivity contribution in [2.45, 2.75) is 57.3 Å². The fourth-order valence-corrected chi connectivity index (χ4v) is 4.06. The smallest absolute Gasteiger partial charge is 0.395 e. The zero-order valence-electron chi connectivity index (χ0n) is 18.6. The van der Waals surface area contributed by atoms with Gasteiger partial charge in [0.05, 0.1) is 7.11 Å². The summed E-state index contributed by atoms with van der Waals surface area (Å²) in [5.41, 5.74) is 0.915. The summed E-state index contributed by atoms with van der Waals surface area (Å²) in [5.74, 6) is -1.62. The second-order valence-corrected chi connectivity index (χ2v) is 8.06. The lowest BCUT2D eigenvalue weighted by Crippen LogP contribution is -2.44. The fourth-order valence-electron chi connectivity index (χ4n) is 4.06. The minimum Gasteiger partial charge on any atom is -0.493 e. The third-order valence-corrected chi connectivity index (χ3v) is 5.46. The van der Waals surface area contributed by atoms with Crippen LogP contribution >= 0.6 is 0 Å². The molecule has 2 aromatic carbocycles. The van der Waals surface area contributed by atoms with Crippen LogP contribution in [0.4, 0.5) is 13.2 Å². The molecule has 0 aliphatic heterocycles. The number of nitrogens with one attached hydrogen (secondary N) is 1. The maximum absolute atomic E-state index is 13.5. The Morgan fingerprint density at radius 3 is 2.36 bits per heavy atom. The number of benzene rings is 2. The molecule has 0 heterocycles. The lowest BCUT2D eigenvalue weighted by atomic mass is 9.78. The normalized spacial score (nSPS) is 20.6. The first-order valence-corrected chi connectivity index (χ1v) is 10.5. The largest absolute Gasteiger partial charge is 0.493 e. The van der Waals surface area contributed by atoms with Crippen LogP contribution in [0.2, 0.25) is 0 Å². The Kier molecular flexibility index (Phi) is 7.50. The van der Waals surface area contributed by atoms with Crippen molar-refractivity contribution in [1.29, 1.82) is 0 Å². The SMILES string of the molecule is COc1ccc(C2CC(OC(C)=O)CCC2NC(=O)c2ccc(F)cc2)cc1OC(C)(F)F. The van der Waals surface area contributed by atoms with Crippen LogP contribution in [0.25, 0.3) is 0 Å². The number of ether oxygens (including phenoxy) is 3. The Morgan fingerprint density at radius 2 is 1.76 bits per heavy atom. The number of carbonyl (C=O) groups excluding carboxylic acids is 2. The van der Waals surface area contributed by atoms with Gasteiger partial charge in [-0.25, -0.2) is 4.39 Å². The molecular weight excluding hydrogens is 439 g/mol. The Labute approximate surface area is 190 Å². The van der Waals surface area contributed by atoms with Gasteiger partial charge in [0.2, 0.25) is 0 Å². The number of methoxy groups -OCH3 is 1. The quantitative estimate of drug-likeness (QED) is 0.594. The van der Waals surface area contributed by atoms with Gasteiger partial charge < -0.3 is 19.5 Å². The van der Waals surface area contributed by atoms with Crippen LogP contribution in [0.3, 0.4) is 0 Å². The molecule has 3 rings (SSSR count). The summed E-state index contributed by atoms with van der Waals surface area (Å²) in [4.78, 5) is 24.2. The van der Waals surface area contributed by atoms with Crippen LogP contribution in [-0.4, -0.2) is 37.2 Å². The molecule has 1 saturated carbocycles. The molecule has 3 atom stereocenters. The van der Waals surface area contributed by atoms with Crippen molar-refractivity contribution in [3.63, 3.8) is 0 Å². The topological polar surface area (TPSA) is 73.9 Å². The number of carbonyl (C=O) groups is 2. The molecule has 1 amide bonds. The first-order chi connectivity index (χ1) is 15.6. The highest BCUT2D eigenvalue weighted by Crippen LogP contribution is 2.40. The van der Waals surface area contributed by atoms with Crippen LogP contribution in [0.15, 0.2) is 42.5 Å². The van der Waals surface area contributed by atoms with Crippen LogP contribution in [0.1, 0.15) is 54.9 Å². The van der Waals surface area contributed by atoms with E-state index in [4.69, 9.17) is 14.2 Å². The molecule has 1 N–H and O–H groups in total. The number of hydrogen-bond donors (Lipinski definition) is 1. The zero-order valence-corrected chi connectivity index (χ0v) is 18.6. The van der Waals surface area contributed by atoms with E-state index in [1.54, 1.807) is 6.07 Å². The van der Waals surface area contributed by atoms with E-state index >= 15 is 0 Å². The molecule has 0 bridgehead atoms. The Bertz CT molecular complexity index is 991. The van der Waals surface area contributed by atoms with Crippen molar-refractivity contribution >= 4 is 11.9 Å². The summed E-state index contributed by atoms with van der Waals surface area (Å²) in [6.07, 6.45) is -2.42. The van der Waals surface area contributed by atoms with E-state index in [-0.39, 0.29) is 35.5 Å². The maximum atomic E-state index is 13.5. The highest BCUT2D eigenvalue weighted by molar-refractivity contribution is 5.94. The van der Waals surface area contributed by atoms with E-state index in [9.17, 15) is 22.8 Å². The van der Waals surface area contributed by atoms with Gasteiger partial charge in [0, 0.05) is 31.4 Å². The number of esters is 1. The molecule has 0 saturated heterocycles. The van der Waals surface area contributed by atoms with Gasteiger partial charge in [-0.1, -0.05) is 6.07 Å². The number of rotatable bonds is 7. The molecule has 1 aliphatic rings. The summed E-state index contributed by atoms with van der Waals surface area (Å²) in [7, 11) is 1.35. The van der Waals surface area contributed by atoms with Crippen LogP contribution in [0.5, 0.6) is 11.5 Å². The van der Waals surface area contributed by atoms with Gasteiger partial charge in [-0.05, 0) is 61.2 Å². The third kappa shape index (κ3) is 6.63. The van der Waals surface area contributed by atoms with Gasteiger partial charge in [0.15, 0.2) is 11.5 Å². The van der Waals surface area contributed by atoms with Crippen molar-refractivity contribution in [1.82, 2.24) is 5.32 Å². The van der Waals surface area contributed by atoms with E-state index in [0.29, 0.717) is 37.3 Å². The van der Waals surface area contributed by atoms with Gasteiger partial charge in [-0.3, -0.25) is 9.59 Å². The average Bonchev–Trinajstić information content (AvgIpc) is 2.73. The number of halogens is 3. The minimum atomic E-state index is -3.42. The van der Waals surface area contributed by atoms with E-state index in [1.165, 1.54) is 50.4 Å². The van der Waals surface area contributed by atoms with Crippen LogP contribution in [0, 0.1) is 5.82 Å². The Morgan fingerprint density at radius 1 is 1.06 bits per heavy atom. The maximum Gasteiger partial charge on any atom is 0.395 e. The highest BCUT2D eigenvalue weighted by atomic mass is 19.3. The van der Waals surface area contributed by atoms with Gasteiger partial charge >= 0.3 is 12.1 Å².